The molecule has 0 unspecified atom stereocenters. The summed E-state index contributed by atoms with van der Waals surface area (Å²) in [6.45, 7) is 9.04. The maximum absolute atomic E-state index is 6.05. The van der Waals surface area contributed by atoms with Gasteiger partial charge in [-0.1, -0.05) is 39.5 Å². The van der Waals surface area contributed by atoms with E-state index in [4.69, 9.17) is 9.15 Å². The molecule has 0 aliphatic heterocycles. The van der Waals surface area contributed by atoms with Gasteiger partial charge in [-0.05, 0) is 38.3 Å². The van der Waals surface area contributed by atoms with Crippen molar-refractivity contribution in [2.75, 3.05) is 6.54 Å². The Morgan fingerprint density at radius 1 is 1.24 bits per heavy atom. The SMILES string of the molecule is Cc1oc(COC2CCCCCC2)cc1CNCC(C)C. The van der Waals surface area contributed by atoms with Gasteiger partial charge in [-0.15, -0.1) is 0 Å². The molecule has 1 fully saturated rings. The minimum atomic E-state index is 0.431. The highest BCUT2D eigenvalue weighted by molar-refractivity contribution is 5.20. The van der Waals surface area contributed by atoms with Crippen molar-refractivity contribution in [1.82, 2.24) is 5.32 Å². The van der Waals surface area contributed by atoms with Crippen molar-refractivity contribution >= 4 is 0 Å². The quantitative estimate of drug-likeness (QED) is 0.748. The molecule has 0 amide bonds. The van der Waals surface area contributed by atoms with Gasteiger partial charge in [0.1, 0.15) is 18.1 Å². The fourth-order valence-corrected chi connectivity index (χ4v) is 2.94. The van der Waals surface area contributed by atoms with Crippen molar-refractivity contribution in [2.45, 2.75) is 78.6 Å². The number of furan rings is 1. The molecule has 2 rings (SSSR count). The molecule has 0 spiro atoms. The smallest absolute Gasteiger partial charge is 0.130 e. The second-order valence-electron chi connectivity index (χ2n) is 6.74. The Hall–Kier alpha value is -0.800. The van der Waals surface area contributed by atoms with Gasteiger partial charge in [-0.2, -0.15) is 0 Å². The molecule has 1 saturated carbocycles. The molecule has 0 aromatic carbocycles. The fraction of sp³-hybridized carbons (Fsp3) is 0.778. The van der Waals surface area contributed by atoms with Gasteiger partial charge in [0.25, 0.3) is 0 Å². The minimum Gasteiger partial charge on any atom is -0.464 e. The molecular weight excluding hydrogens is 262 g/mol. The van der Waals surface area contributed by atoms with E-state index in [1.165, 1.54) is 44.1 Å². The molecule has 1 heterocycles. The molecule has 1 N–H and O–H groups in total. The normalized spacial score (nSPS) is 17.3. The van der Waals surface area contributed by atoms with Crippen LogP contribution in [0.15, 0.2) is 10.5 Å². The summed E-state index contributed by atoms with van der Waals surface area (Å²) in [5.41, 5.74) is 1.26. The number of hydrogen-bond acceptors (Lipinski definition) is 3. The summed E-state index contributed by atoms with van der Waals surface area (Å²) in [4.78, 5) is 0. The van der Waals surface area contributed by atoms with Crippen LogP contribution in [0.5, 0.6) is 0 Å². The van der Waals surface area contributed by atoms with Crippen molar-refractivity contribution < 1.29 is 9.15 Å². The highest BCUT2D eigenvalue weighted by atomic mass is 16.5. The second kappa shape index (κ2) is 8.60. The Balaban J connectivity index is 1.78. The zero-order valence-corrected chi connectivity index (χ0v) is 13.9. The molecule has 0 bridgehead atoms. The standard InChI is InChI=1S/C18H31NO2/c1-14(2)11-19-12-16-10-18(21-15(16)3)13-20-17-8-6-4-5-7-9-17/h10,14,17,19H,4-9,11-13H2,1-3H3. The Morgan fingerprint density at radius 2 is 1.95 bits per heavy atom. The highest BCUT2D eigenvalue weighted by Gasteiger charge is 2.14. The molecule has 1 aromatic rings. The second-order valence-corrected chi connectivity index (χ2v) is 6.74. The summed E-state index contributed by atoms with van der Waals surface area (Å²) >= 11 is 0. The summed E-state index contributed by atoms with van der Waals surface area (Å²) < 4.78 is 11.9. The maximum atomic E-state index is 6.05. The fourth-order valence-electron chi connectivity index (χ4n) is 2.94. The monoisotopic (exact) mass is 293 g/mol. The lowest BCUT2D eigenvalue weighted by atomic mass is 10.1. The van der Waals surface area contributed by atoms with Crippen LogP contribution in [-0.2, 0) is 17.9 Å². The van der Waals surface area contributed by atoms with Gasteiger partial charge in [0.2, 0.25) is 0 Å². The topological polar surface area (TPSA) is 34.4 Å². The van der Waals surface area contributed by atoms with Crippen LogP contribution in [0.25, 0.3) is 0 Å². The predicted octanol–water partition coefficient (Wildman–Crippen LogP) is 4.57. The average molecular weight is 293 g/mol. The van der Waals surface area contributed by atoms with Gasteiger partial charge < -0.3 is 14.5 Å². The first-order valence-corrected chi connectivity index (χ1v) is 8.55. The summed E-state index contributed by atoms with van der Waals surface area (Å²) in [6, 6.07) is 2.15. The van der Waals surface area contributed by atoms with E-state index in [2.05, 4.69) is 25.2 Å². The van der Waals surface area contributed by atoms with E-state index in [9.17, 15) is 0 Å². The predicted molar refractivity (Wildman–Crippen MR) is 86.3 cm³/mol. The first-order chi connectivity index (χ1) is 10.1. The number of aryl methyl sites for hydroxylation is 1. The molecule has 1 aliphatic carbocycles. The molecule has 1 aliphatic rings. The summed E-state index contributed by atoms with van der Waals surface area (Å²) in [6.07, 6.45) is 8.21. The van der Waals surface area contributed by atoms with Gasteiger partial charge in [-0.3, -0.25) is 0 Å². The Labute approximate surface area is 129 Å². The van der Waals surface area contributed by atoms with E-state index in [-0.39, 0.29) is 0 Å². The number of hydrogen-bond donors (Lipinski definition) is 1. The zero-order chi connectivity index (χ0) is 15.1. The van der Waals surface area contributed by atoms with Crippen molar-refractivity contribution in [2.24, 2.45) is 5.92 Å². The van der Waals surface area contributed by atoms with Crippen molar-refractivity contribution in [3.63, 3.8) is 0 Å². The van der Waals surface area contributed by atoms with E-state index in [0.717, 1.165) is 24.6 Å². The van der Waals surface area contributed by atoms with Crippen molar-refractivity contribution in [1.29, 1.82) is 0 Å². The number of ether oxygens (including phenoxy) is 1. The van der Waals surface area contributed by atoms with Gasteiger partial charge in [0, 0.05) is 12.1 Å². The van der Waals surface area contributed by atoms with E-state index < -0.39 is 0 Å². The molecule has 120 valence electrons. The average Bonchev–Trinajstić information content (AvgIpc) is 2.65. The first-order valence-electron chi connectivity index (χ1n) is 8.55. The Morgan fingerprint density at radius 3 is 2.62 bits per heavy atom. The largest absolute Gasteiger partial charge is 0.464 e. The number of nitrogens with one attached hydrogen (secondary N) is 1. The molecular formula is C18H31NO2. The highest BCUT2D eigenvalue weighted by Crippen LogP contribution is 2.22. The van der Waals surface area contributed by atoms with Gasteiger partial charge >= 0.3 is 0 Å². The minimum absolute atomic E-state index is 0.431. The van der Waals surface area contributed by atoms with E-state index in [0.29, 0.717) is 18.6 Å². The van der Waals surface area contributed by atoms with Gasteiger partial charge in [0.15, 0.2) is 0 Å². The lowest BCUT2D eigenvalue weighted by molar-refractivity contribution is 0.0216. The molecule has 1 aromatic heterocycles. The van der Waals surface area contributed by atoms with Crippen LogP contribution >= 0.6 is 0 Å². The molecule has 0 atom stereocenters. The van der Waals surface area contributed by atoms with E-state index >= 15 is 0 Å². The summed E-state index contributed by atoms with van der Waals surface area (Å²) in [5, 5.41) is 3.47. The Bertz CT molecular complexity index is 403. The van der Waals surface area contributed by atoms with Crippen molar-refractivity contribution in [3.8, 4) is 0 Å². The number of rotatable bonds is 7. The van der Waals surface area contributed by atoms with Crippen LogP contribution < -0.4 is 5.32 Å². The van der Waals surface area contributed by atoms with Crippen LogP contribution in [-0.4, -0.2) is 12.6 Å². The summed E-state index contributed by atoms with van der Waals surface area (Å²) in [5.74, 6) is 2.67. The third-order valence-corrected chi connectivity index (χ3v) is 4.20. The lowest BCUT2D eigenvalue weighted by Crippen LogP contribution is -2.19. The van der Waals surface area contributed by atoms with Crippen molar-refractivity contribution in [3.05, 3.63) is 23.2 Å². The van der Waals surface area contributed by atoms with Crippen LogP contribution in [0.4, 0.5) is 0 Å². The van der Waals surface area contributed by atoms with Gasteiger partial charge in [-0.25, -0.2) is 0 Å². The van der Waals surface area contributed by atoms with E-state index in [1.807, 2.05) is 6.92 Å². The molecule has 0 radical (unpaired) electrons. The lowest BCUT2D eigenvalue weighted by Gasteiger charge is -2.13. The summed E-state index contributed by atoms with van der Waals surface area (Å²) in [7, 11) is 0. The van der Waals surface area contributed by atoms with Gasteiger partial charge in [0.05, 0.1) is 6.10 Å². The molecule has 3 heteroatoms. The maximum Gasteiger partial charge on any atom is 0.130 e. The molecule has 21 heavy (non-hydrogen) atoms. The molecule has 0 saturated heterocycles. The zero-order valence-electron chi connectivity index (χ0n) is 13.9. The first kappa shape index (κ1) is 16.6. The molecule has 3 nitrogen and oxygen atoms in total. The van der Waals surface area contributed by atoms with E-state index in [1.54, 1.807) is 0 Å². The van der Waals surface area contributed by atoms with Crippen LogP contribution in [0.2, 0.25) is 0 Å². The van der Waals surface area contributed by atoms with Crippen LogP contribution in [0.3, 0.4) is 0 Å². The third-order valence-electron chi connectivity index (χ3n) is 4.20. The third kappa shape index (κ3) is 5.84. The Kier molecular flexibility index (Phi) is 6.78. The van der Waals surface area contributed by atoms with Crippen LogP contribution in [0, 0.1) is 12.8 Å². The van der Waals surface area contributed by atoms with Crippen LogP contribution in [0.1, 0.15) is 69.5 Å².